The van der Waals surface area contributed by atoms with E-state index in [2.05, 4.69) is 9.71 Å². The number of carbonyl (C=O) groups is 1. The highest BCUT2D eigenvalue weighted by molar-refractivity contribution is 7.92. The molecule has 0 aliphatic heterocycles. The summed E-state index contributed by atoms with van der Waals surface area (Å²) in [5.74, 6) is 0.214. The van der Waals surface area contributed by atoms with Crippen molar-refractivity contribution in [3.63, 3.8) is 0 Å². The van der Waals surface area contributed by atoms with E-state index < -0.39 is 10.0 Å². The number of amides is 1. The average molecular weight is 418 g/mol. The zero-order chi connectivity index (χ0) is 20.1. The molecule has 0 fully saturated rings. The van der Waals surface area contributed by atoms with Crippen molar-refractivity contribution in [2.75, 3.05) is 11.3 Å². The number of nitrogens with one attached hydrogen (secondary N) is 1. The zero-order valence-corrected chi connectivity index (χ0v) is 17.0. The first-order valence-corrected chi connectivity index (χ1v) is 10.8. The van der Waals surface area contributed by atoms with Crippen LogP contribution in [0.15, 0.2) is 70.0 Å². The van der Waals surface area contributed by atoms with Gasteiger partial charge in [-0.1, -0.05) is 0 Å². The Labute approximate surface area is 167 Å². The van der Waals surface area contributed by atoms with Gasteiger partial charge in [-0.3, -0.25) is 9.52 Å². The molecule has 1 amide bonds. The molecular formula is C19H19N3O4S2. The fraction of sp³-hybridized carbons (Fsp3) is 0.158. The number of sulfonamides is 1. The number of aryl methyl sites for hydroxylation is 1. The molecule has 0 aliphatic rings. The number of hydrogen-bond acceptors (Lipinski definition) is 5. The number of ether oxygens (including phenoxy) is 1. The van der Waals surface area contributed by atoms with E-state index in [1.165, 1.54) is 47.7 Å². The Kier molecular flexibility index (Phi) is 5.96. The predicted octanol–water partition coefficient (Wildman–Crippen LogP) is 3.03. The van der Waals surface area contributed by atoms with Gasteiger partial charge >= 0.3 is 0 Å². The monoisotopic (exact) mass is 417 g/mol. The van der Waals surface area contributed by atoms with Gasteiger partial charge in [0.1, 0.15) is 5.75 Å². The van der Waals surface area contributed by atoms with E-state index in [0.717, 1.165) is 0 Å². The van der Waals surface area contributed by atoms with Gasteiger partial charge in [0.2, 0.25) is 0 Å². The number of rotatable bonds is 6. The number of thiazole rings is 1. The summed E-state index contributed by atoms with van der Waals surface area (Å²) in [4.78, 5) is 17.0. The molecule has 0 unspecified atom stereocenters. The van der Waals surface area contributed by atoms with Gasteiger partial charge in [-0.15, -0.1) is 11.3 Å². The predicted molar refractivity (Wildman–Crippen MR) is 108 cm³/mol. The second-order valence-corrected chi connectivity index (χ2v) is 8.36. The Morgan fingerprint density at radius 2 is 1.82 bits per heavy atom. The van der Waals surface area contributed by atoms with Crippen LogP contribution in [0.3, 0.4) is 0 Å². The number of carbonyl (C=O) groups excluding carboxylic acids is 1. The van der Waals surface area contributed by atoms with Crippen LogP contribution in [-0.2, 0) is 17.1 Å². The molecule has 0 saturated carbocycles. The number of benzene rings is 2. The molecule has 1 heterocycles. The summed E-state index contributed by atoms with van der Waals surface area (Å²) in [6.07, 6.45) is 1.82. The van der Waals surface area contributed by atoms with Gasteiger partial charge < -0.3 is 9.30 Å². The molecule has 7 nitrogen and oxygen atoms in total. The van der Waals surface area contributed by atoms with Gasteiger partial charge in [-0.25, -0.2) is 8.42 Å². The molecule has 0 saturated heterocycles. The van der Waals surface area contributed by atoms with E-state index in [4.69, 9.17) is 4.74 Å². The van der Waals surface area contributed by atoms with E-state index in [9.17, 15) is 13.2 Å². The number of anilines is 1. The SMILES string of the molecule is CCOc1ccc(S(=O)(=O)Nc2ccc(C(=O)N=c3sccn3C)cc2)cc1. The Morgan fingerprint density at radius 3 is 2.39 bits per heavy atom. The fourth-order valence-corrected chi connectivity index (χ4v) is 4.15. The van der Waals surface area contributed by atoms with Crippen LogP contribution in [0.4, 0.5) is 5.69 Å². The Balaban J connectivity index is 1.74. The Bertz CT molecular complexity index is 1130. The summed E-state index contributed by atoms with van der Waals surface area (Å²) in [5, 5.41) is 1.84. The minimum Gasteiger partial charge on any atom is -0.494 e. The first kappa shape index (κ1) is 19.8. The second-order valence-electron chi connectivity index (χ2n) is 5.80. The van der Waals surface area contributed by atoms with E-state index in [1.807, 2.05) is 18.5 Å². The third-order valence-electron chi connectivity index (χ3n) is 3.79. The van der Waals surface area contributed by atoms with E-state index in [1.54, 1.807) is 23.7 Å². The lowest BCUT2D eigenvalue weighted by molar-refractivity contribution is 0.0998. The van der Waals surface area contributed by atoms with Gasteiger partial charge in [-0.05, 0) is 55.5 Å². The van der Waals surface area contributed by atoms with Crippen LogP contribution in [0.25, 0.3) is 0 Å². The molecular weight excluding hydrogens is 398 g/mol. The van der Waals surface area contributed by atoms with E-state index in [-0.39, 0.29) is 10.8 Å². The zero-order valence-electron chi connectivity index (χ0n) is 15.3. The van der Waals surface area contributed by atoms with Crippen LogP contribution in [0.1, 0.15) is 17.3 Å². The molecule has 3 aromatic rings. The lowest BCUT2D eigenvalue weighted by atomic mass is 10.2. The van der Waals surface area contributed by atoms with Crippen molar-refractivity contribution >= 4 is 33.0 Å². The van der Waals surface area contributed by atoms with Crippen molar-refractivity contribution in [2.45, 2.75) is 11.8 Å². The Hall–Kier alpha value is -2.91. The molecule has 0 atom stereocenters. The molecule has 28 heavy (non-hydrogen) atoms. The van der Waals surface area contributed by atoms with Gasteiger partial charge in [0, 0.05) is 29.9 Å². The fourth-order valence-electron chi connectivity index (χ4n) is 2.36. The minimum absolute atomic E-state index is 0.122. The topological polar surface area (TPSA) is 89.8 Å². The van der Waals surface area contributed by atoms with Crippen molar-refractivity contribution in [3.05, 3.63) is 70.5 Å². The molecule has 9 heteroatoms. The van der Waals surface area contributed by atoms with Crippen molar-refractivity contribution in [3.8, 4) is 5.75 Å². The summed E-state index contributed by atoms with van der Waals surface area (Å²) >= 11 is 1.36. The van der Waals surface area contributed by atoms with Crippen LogP contribution in [0.5, 0.6) is 5.75 Å². The summed E-state index contributed by atoms with van der Waals surface area (Å²) in [7, 11) is -1.93. The van der Waals surface area contributed by atoms with Crippen LogP contribution < -0.4 is 14.3 Å². The van der Waals surface area contributed by atoms with Crippen molar-refractivity contribution in [1.29, 1.82) is 0 Å². The maximum atomic E-state index is 12.5. The largest absolute Gasteiger partial charge is 0.494 e. The van der Waals surface area contributed by atoms with Crippen LogP contribution >= 0.6 is 11.3 Å². The van der Waals surface area contributed by atoms with E-state index in [0.29, 0.717) is 28.4 Å². The molecule has 0 radical (unpaired) electrons. The van der Waals surface area contributed by atoms with Crippen LogP contribution in [0.2, 0.25) is 0 Å². The highest BCUT2D eigenvalue weighted by Crippen LogP contribution is 2.20. The standard InChI is InChI=1S/C19H19N3O4S2/c1-3-26-16-8-10-17(11-9-16)28(24,25)21-15-6-4-14(5-7-15)18(23)20-19-22(2)12-13-27-19/h4-13,21H,3H2,1-2H3. The minimum atomic E-state index is -3.74. The van der Waals surface area contributed by atoms with Crippen LogP contribution in [-0.4, -0.2) is 25.5 Å². The molecule has 0 spiro atoms. The summed E-state index contributed by atoms with van der Waals surface area (Å²) in [6.45, 7) is 2.36. The quantitative estimate of drug-likeness (QED) is 0.668. The number of hydrogen-bond donors (Lipinski definition) is 1. The second kappa shape index (κ2) is 8.41. The molecule has 2 aromatic carbocycles. The first-order chi connectivity index (χ1) is 13.4. The lowest BCUT2D eigenvalue weighted by Crippen LogP contribution is -2.14. The summed E-state index contributed by atoms with van der Waals surface area (Å²) in [6, 6.07) is 12.3. The maximum Gasteiger partial charge on any atom is 0.279 e. The van der Waals surface area contributed by atoms with Gasteiger partial charge in [0.15, 0.2) is 4.80 Å². The van der Waals surface area contributed by atoms with Gasteiger partial charge in [0.25, 0.3) is 15.9 Å². The van der Waals surface area contributed by atoms with Crippen molar-refractivity contribution < 1.29 is 17.9 Å². The third-order valence-corrected chi connectivity index (χ3v) is 6.03. The Morgan fingerprint density at radius 1 is 1.14 bits per heavy atom. The molecule has 146 valence electrons. The molecule has 1 N–H and O–H groups in total. The average Bonchev–Trinajstić information content (AvgIpc) is 3.07. The van der Waals surface area contributed by atoms with E-state index >= 15 is 0 Å². The smallest absolute Gasteiger partial charge is 0.279 e. The van der Waals surface area contributed by atoms with Gasteiger partial charge in [0.05, 0.1) is 11.5 Å². The highest BCUT2D eigenvalue weighted by atomic mass is 32.2. The number of nitrogens with zero attached hydrogens (tertiary/aromatic N) is 2. The number of aromatic nitrogens is 1. The maximum absolute atomic E-state index is 12.5. The molecule has 0 bridgehead atoms. The van der Waals surface area contributed by atoms with Crippen molar-refractivity contribution in [2.24, 2.45) is 12.0 Å². The highest BCUT2D eigenvalue weighted by Gasteiger charge is 2.14. The lowest BCUT2D eigenvalue weighted by Gasteiger charge is -2.09. The van der Waals surface area contributed by atoms with Gasteiger partial charge in [-0.2, -0.15) is 4.99 Å². The van der Waals surface area contributed by atoms with Crippen molar-refractivity contribution in [1.82, 2.24) is 4.57 Å². The summed E-state index contributed by atoms with van der Waals surface area (Å²) < 4.78 is 34.6. The molecule has 1 aromatic heterocycles. The molecule has 3 rings (SSSR count). The first-order valence-electron chi connectivity index (χ1n) is 8.44. The van der Waals surface area contributed by atoms with Crippen LogP contribution in [0, 0.1) is 0 Å². The molecule has 0 aliphatic carbocycles. The normalized spacial score (nSPS) is 12.0. The third kappa shape index (κ3) is 4.68. The summed E-state index contributed by atoms with van der Waals surface area (Å²) in [5.41, 5.74) is 0.726.